The van der Waals surface area contributed by atoms with Crippen LogP contribution in [-0.2, 0) is 38.2 Å². The number of nitrogens with two attached hydrogens (primary N) is 1. The minimum Gasteiger partial charge on any atom is -0.444 e. The lowest BCUT2D eigenvalue weighted by molar-refractivity contribution is -0.186. The summed E-state index contributed by atoms with van der Waals surface area (Å²) in [6.45, 7) is 36.0. The molecule has 19 nitrogen and oxygen atoms in total. The molecule has 4 aliphatic rings. The molecule has 432 valence electrons. The third kappa shape index (κ3) is 32.8. The third-order valence-electron chi connectivity index (χ3n) is 11.1. The second-order valence-corrected chi connectivity index (χ2v) is 21.5. The SMILES string of the molecule is CC(=O)Cl.CC(C)(C)OC(=O)N1CCC(=O)CC1.CCN.CCN(C(C)=O)C1CCN(C(=O)C(F)(F)F)CC1.CCN(C(C)=O)C1CCN(C(=O)OC(C)(C)C)CC1.CCNC1CCN(C(=O)OC(C)(C)C)CC1. The van der Waals surface area contributed by atoms with Gasteiger partial charge in [0, 0.05) is 117 Å². The Bertz CT molecular complexity index is 1700. The van der Waals surface area contributed by atoms with Gasteiger partial charge in [-0.15, -0.1) is 0 Å². The van der Waals surface area contributed by atoms with Gasteiger partial charge in [0.15, 0.2) is 0 Å². The Kier molecular flexibility index (Phi) is 33.9. The van der Waals surface area contributed by atoms with Crippen LogP contribution >= 0.6 is 11.6 Å². The molecule has 4 aliphatic heterocycles. The first kappa shape index (κ1) is 71.6. The summed E-state index contributed by atoms with van der Waals surface area (Å²) in [5.41, 5.74) is 3.54. The van der Waals surface area contributed by atoms with Crippen molar-refractivity contribution >= 4 is 58.6 Å². The lowest BCUT2D eigenvalue weighted by Crippen LogP contribution is -2.51. The maximum atomic E-state index is 12.2. The molecule has 0 saturated carbocycles. The molecule has 0 unspecified atom stereocenters. The van der Waals surface area contributed by atoms with Gasteiger partial charge in [-0.2, -0.15) is 13.2 Å². The summed E-state index contributed by atoms with van der Waals surface area (Å²) in [6.07, 6.45) is -0.149. The summed E-state index contributed by atoms with van der Waals surface area (Å²) in [4.78, 5) is 98.6. The van der Waals surface area contributed by atoms with Crippen LogP contribution in [0.5, 0.6) is 0 Å². The average Bonchev–Trinajstić information content (AvgIpc) is 3.26. The number of alkyl halides is 3. The Balaban J connectivity index is 0. The highest BCUT2D eigenvalue weighted by molar-refractivity contribution is 6.62. The normalized spacial score (nSPS) is 16.8. The quantitative estimate of drug-likeness (QED) is 0.191. The number of piperidine rings is 4. The van der Waals surface area contributed by atoms with Crippen molar-refractivity contribution < 1.29 is 65.7 Å². The predicted molar refractivity (Wildman–Crippen MR) is 280 cm³/mol. The zero-order valence-corrected chi connectivity index (χ0v) is 48.4. The number of Topliss-reactive ketones (excluding diaryl/α,β-unsaturated/α-hetero) is 1. The largest absolute Gasteiger partial charge is 0.471 e. The summed E-state index contributed by atoms with van der Waals surface area (Å²) in [6, 6.07) is 0.745. The van der Waals surface area contributed by atoms with Crippen LogP contribution in [0.15, 0.2) is 0 Å². The van der Waals surface area contributed by atoms with Crippen molar-refractivity contribution in [3.63, 3.8) is 0 Å². The number of hydrogen-bond acceptors (Lipinski definition) is 13. The molecule has 0 aromatic heterocycles. The number of rotatable bonds is 6. The number of carbonyl (C=O) groups excluding carboxylic acids is 8. The second-order valence-electron chi connectivity index (χ2n) is 21.0. The van der Waals surface area contributed by atoms with Crippen LogP contribution in [0.25, 0.3) is 0 Å². The van der Waals surface area contributed by atoms with Crippen LogP contribution < -0.4 is 11.1 Å². The molecule has 0 aromatic rings. The lowest BCUT2D eigenvalue weighted by atomic mass is 10.0. The smallest absolute Gasteiger partial charge is 0.444 e. The Morgan fingerprint density at radius 2 is 0.838 bits per heavy atom. The van der Waals surface area contributed by atoms with E-state index < -0.39 is 28.9 Å². The fraction of sp³-hybridized carbons (Fsp3) is 0.843. The minimum atomic E-state index is -4.81. The summed E-state index contributed by atoms with van der Waals surface area (Å²) >= 11 is 4.64. The number of nitrogens with one attached hydrogen (secondary N) is 1. The van der Waals surface area contributed by atoms with Crippen LogP contribution in [0.2, 0.25) is 0 Å². The molecule has 0 atom stereocenters. The highest BCUT2D eigenvalue weighted by atomic mass is 35.5. The first-order chi connectivity index (χ1) is 34.0. The molecule has 4 saturated heterocycles. The number of ether oxygens (including phenoxy) is 3. The number of nitrogens with zero attached hydrogens (tertiary/aromatic N) is 6. The fourth-order valence-electron chi connectivity index (χ4n) is 7.87. The topological polar surface area (TPSA) is 222 Å². The number of likely N-dealkylation sites (tertiary alicyclic amines) is 4. The van der Waals surface area contributed by atoms with E-state index in [1.807, 2.05) is 88.0 Å². The van der Waals surface area contributed by atoms with E-state index in [0.29, 0.717) is 64.4 Å². The average molecular weight is 1090 g/mol. The Labute approximate surface area is 445 Å². The van der Waals surface area contributed by atoms with Crippen LogP contribution in [0.1, 0.15) is 162 Å². The van der Waals surface area contributed by atoms with E-state index in [1.54, 1.807) is 26.5 Å². The Morgan fingerprint density at radius 3 is 1.08 bits per heavy atom. The molecule has 0 aromatic carbocycles. The molecule has 23 heteroatoms. The molecule has 4 heterocycles. The van der Waals surface area contributed by atoms with Gasteiger partial charge in [-0.05, 0) is 139 Å². The molecular formula is C51H94ClF3N8O11. The Morgan fingerprint density at radius 1 is 0.568 bits per heavy atom. The standard InChI is InChI=1S/C14H26N2O3.C12H24N2O2.C11H17F3N2O2.C10H17NO3.C2H3ClO.C2H7N/c1-6-16(11(2)17)12-7-9-15(10-8-12)13(18)19-14(3,4)5;1-5-13-10-6-8-14(9-7-10)11(15)16-12(2,3)4;1-3-16(8(2)17)9-4-6-15(7-5-9)10(18)11(12,13)14;1-10(2,3)14-9(13)11-6-4-8(12)5-7-11;1-2(3)4;1-2-3/h12H,6-10H2,1-5H3;10,13H,5-9H2,1-4H3;9H,3-7H2,1-2H3;4-7H2,1-3H3;1H3;2-3H2,1H3. The van der Waals surface area contributed by atoms with Gasteiger partial charge in [0.25, 0.3) is 0 Å². The maximum Gasteiger partial charge on any atom is 0.471 e. The molecule has 0 bridgehead atoms. The van der Waals surface area contributed by atoms with Gasteiger partial charge in [0.2, 0.25) is 17.1 Å². The number of amides is 6. The van der Waals surface area contributed by atoms with Crippen molar-refractivity contribution in [1.29, 1.82) is 0 Å². The second kappa shape index (κ2) is 35.0. The van der Waals surface area contributed by atoms with E-state index in [4.69, 9.17) is 19.9 Å². The van der Waals surface area contributed by atoms with Gasteiger partial charge < -0.3 is 54.7 Å². The molecule has 0 radical (unpaired) electrons. The highest BCUT2D eigenvalue weighted by Crippen LogP contribution is 2.24. The van der Waals surface area contributed by atoms with Crippen molar-refractivity contribution in [2.45, 2.75) is 203 Å². The van der Waals surface area contributed by atoms with Crippen molar-refractivity contribution in [3.8, 4) is 0 Å². The van der Waals surface area contributed by atoms with Gasteiger partial charge in [-0.25, -0.2) is 14.4 Å². The Hall–Kier alpha value is -4.44. The van der Waals surface area contributed by atoms with Crippen LogP contribution in [0.3, 0.4) is 0 Å². The number of ketones is 1. The summed E-state index contributed by atoms with van der Waals surface area (Å²) in [5.74, 6) is -1.53. The van der Waals surface area contributed by atoms with Gasteiger partial charge in [0.05, 0.1) is 0 Å². The first-order valence-electron chi connectivity index (χ1n) is 25.9. The van der Waals surface area contributed by atoms with E-state index in [2.05, 4.69) is 23.8 Å². The number of carbonyl (C=O) groups is 8. The molecule has 74 heavy (non-hydrogen) atoms. The van der Waals surface area contributed by atoms with Crippen molar-refractivity contribution in [1.82, 2.24) is 34.7 Å². The number of halogens is 4. The zero-order valence-electron chi connectivity index (χ0n) is 47.6. The monoisotopic (exact) mass is 1090 g/mol. The lowest BCUT2D eigenvalue weighted by Gasteiger charge is -2.38. The van der Waals surface area contributed by atoms with E-state index >= 15 is 0 Å². The number of hydrogen-bond donors (Lipinski definition) is 2. The van der Waals surface area contributed by atoms with Crippen molar-refractivity contribution in [2.24, 2.45) is 5.73 Å². The predicted octanol–water partition coefficient (Wildman–Crippen LogP) is 7.98. The summed E-state index contributed by atoms with van der Waals surface area (Å²) < 4.78 is 52.6. The van der Waals surface area contributed by atoms with Gasteiger partial charge in [-0.3, -0.25) is 24.0 Å². The van der Waals surface area contributed by atoms with Gasteiger partial charge in [-0.1, -0.05) is 13.8 Å². The van der Waals surface area contributed by atoms with E-state index in [9.17, 15) is 51.5 Å². The molecule has 4 fully saturated rings. The van der Waals surface area contributed by atoms with E-state index in [0.717, 1.165) is 63.3 Å². The van der Waals surface area contributed by atoms with Gasteiger partial charge >= 0.3 is 30.4 Å². The molecular weight excluding hydrogens is 993 g/mol. The maximum absolute atomic E-state index is 12.2. The molecule has 3 N–H and O–H groups in total. The molecule has 4 rings (SSSR count). The van der Waals surface area contributed by atoms with Crippen LogP contribution in [-0.4, -0.2) is 196 Å². The van der Waals surface area contributed by atoms with Crippen LogP contribution in [0.4, 0.5) is 27.6 Å². The van der Waals surface area contributed by atoms with E-state index in [1.165, 1.54) is 13.8 Å². The van der Waals surface area contributed by atoms with Crippen molar-refractivity contribution in [3.05, 3.63) is 0 Å². The fourth-order valence-corrected chi connectivity index (χ4v) is 7.87. The minimum absolute atomic E-state index is 0.0484. The highest BCUT2D eigenvalue weighted by Gasteiger charge is 2.44. The summed E-state index contributed by atoms with van der Waals surface area (Å²) in [5, 5.41) is 3.05. The zero-order chi connectivity index (χ0) is 57.8. The van der Waals surface area contributed by atoms with Crippen LogP contribution in [0, 0.1) is 0 Å². The molecule has 6 amide bonds. The summed E-state index contributed by atoms with van der Waals surface area (Å²) in [7, 11) is 0. The van der Waals surface area contributed by atoms with Gasteiger partial charge in [0.1, 0.15) is 22.6 Å². The van der Waals surface area contributed by atoms with Crippen molar-refractivity contribution in [2.75, 3.05) is 78.5 Å². The molecule has 0 aliphatic carbocycles. The van der Waals surface area contributed by atoms with E-state index in [-0.39, 0.29) is 66.3 Å². The first-order valence-corrected chi connectivity index (χ1v) is 26.3. The third-order valence-corrected chi connectivity index (χ3v) is 11.1. The molecule has 0 spiro atoms.